The highest BCUT2D eigenvalue weighted by Gasteiger charge is 2.21. The molecule has 122 valence electrons. The fourth-order valence-corrected chi connectivity index (χ4v) is 3.12. The zero-order valence-corrected chi connectivity index (χ0v) is 14.6. The first-order valence-corrected chi connectivity index (χ1v) is 8.62. The summed E-state index contributed by atoms with van der Waals surface area (Å²) in [6, 6.07) is 17.0. The van der Waals surface area contributed by atoms with E-state index in [1.54, 1.807) is 0 Å². The SMILES string of the molecule is CN(C)c1cc(-c2cccc(Cl)c2)nc2ccc(NC3CC3)cc12. The second-order valence-electron chi connectivity index (χ2n) is 6.58. The first kappa shape index (κ1) is 15.3. The molecular formula is C20H20ClN3. The minimum atomic E-state index is 0.643. The normalized spacial score (nSPS) is 14.0. The molecule has 1 saturated carbocycles. The van der Waals surface area contributed by atoms with E-state index in [1.165, 1.54) is 18.5 Å². The maximum absolute atomic E-state index is 6.14. The van der Waals surface area contributed by atoms with Gasteiger partial charge in [-0.2, -0.15) is 0 Å². The van der Waals surface area contributed by atoms with Crippen molar-refractivity contribution in [3.05, 3.63) is 53.6 Å². The van der Waals surface area contributed by atoms with E-state index >= 15 is 0 Å². The van der Waals surface area contributed by atoms with Gasteiger partial charge in [-0.3, -0.25) is 0 Å². The number of anilines is 2. The Morgan fingerprint density at radius 1 is 1.08 bits per heavy atom. The van der Waals surface area contributed by atoms with E-state index in [1.807, 2.05) is 24.3 Å². The lowest BCUT2D eigenvalue weighted by atomic mass is 10.1. The molecule has 0 unspecified atom stereocenters. The Morgan fingerprint density at radius 3 is 2.62 bits per heavy atom. The zero-order chi connectivity index (χ0) is 16.7. The Kier molecular flexibility index (Phi) is 3.81. The van der Waals surface area contributed by atoms with Crippen molar-refractivity contribution in [2.24, 2.45) is 0 Å². The second kappa shape index (κ2) is 5.99. The van der Waals surface area contributed by atoms with Crippen molar-refractivity contribution < 1.29 is 0 Å². The molecule has 0 amide bonds. The van der Waals surface area contributed by atoms with E-state index < -0.39 is 0 Å². The quantitative estimate of drug-likeness (QED) is 0.709. The van der Waals surface area contributed by atoms with Gasteiger partial charge in [-0.1, -0.05) is 23.7 Å². The summed E-state index contributed by atoms with van der Waals surface area (Å²) in [5, 5.41) is 5.45. The molecule has 0 bridgehead atoms. The van der Waals surface area contributed by atoms with E-state index in [4.69, 9.17) is 16.6 Å². The Morgan fingerprint density at radius 2 is 1.92 bits per heavy atom. The van der Waals surface area contributed by atoms with E-state index in [2.05, 4.69) is 48.6 Å². The molecule has 1 N–H and O–H groups in total. The van der Waals surface area contributed by atoms with Crippen LogP contribution in [0, 0.1) is 0 Å². The van der Waals surface area contributed by atoms with Gasteiger partial charge in [0.05, 0.1) is 11.2 Å². The molecule has 1 fully saturated rings. The first-order chi connectivity index (χ1) is 11.6. The summed E-state index contributed by atoms with van der Waals surface area (Å²) in [5.74, 6) is 0. The molecule has 1 aliphatic carbocycles. The number of benzene rings is 2. The fraction of sp³-hybridized carbons (Fsp3) is 0.250. The molecule has 3 nitrogen and oxygen atoms in total. The summed E-state index contributed by atoms with van der Waals surface area (Å²) in [7, 11) is 4.13. The highest BCUT2D eigenvalue weighted by molar-refractivity contribution is 6.30. The third-order valence-electron chi connectivity index (χ3n) is 4.34. The van der Waals surface area contributed by atoms with Crippen LogP contribution < -0.4 is 10.2 Å². The Labute approximate surface area is 147 Å². The molecule has 4 rings (SSSR count). The van der Waals surface area contributed by atoms with Gasteiger partial charge in [0.2, 0.25) is 0 Å². The van der Waals surface area contributed by atoms with Gasteiger partial charge in [0, 0.05) is 47.5 Å². The lowest BCUT2D eigenvalue weighted by molar-refractivity contribution is 1.13. The molecule has 1 heterocycles. The van der Waals surface area contributed by atoms with Crippen LogP contribution >= 0.6 is 11.6 Å². The van der Waals surface area contributed by atoms with Gasteiger partial charge < -0.3 is 10.2 Å². The Bertz CT molecular complexity index is 901. The molecular weight excluding hydrogens is 318 g/mol. The molecule has 0 atom stereocenters. The van der Waals surface area contributed by atoms with Gasteiger partial charge >= 0.3 is 0 Å². The van der Waals surface area contributed by atoms with E-state index in [0.29, 0.717) is 6.04 Å². The largest absolute Gasteiger partial charge is 0.382 e. The van der Waals surface area contributed by atoms with Crippen LogP contribution in [0.4, 0.5) is 11.4 Å². The van der Waals surface area contributed by atoms with Crippen LogP contribution in [0.15, 0.2) is 48.5 Å². The van der Waals surface area contributed by atoms with Gasteiger partial charge in [-0.05, 0) is 49.2 Å². The van der Waals surface area contributed by atoms with Crippen LogP contribution in [0.5, 0.6) is 0 Å². The third-order valence-corrected chi connectivity index (χ3v) is 4.57. The third kappa shape index (κ3) is 3.04. The van der Waals surface area contributed by atoms with Crippen LogP contribution in [0.3, 0.4) is 0 Å². The summed E-state index contributed by atoms with van der Waals surface area (Å²) < 4.78 is 0. The zero-order valence-electron chi connectivity index (χ0n) is 13.9. The number of hydrogen-bond donors (Lipinski definition) is 1. The monoisotopic (exact) mass is 337 g/mol. The number of rotatable bonds is 4. The van der Waals surface area contributed by atoms with Crippen LogP contribution in [0.25, 0.3) is 22.2 Å². The van der Waals surface area contributed by atoms with Crippen LogP contribution in [0.2, 0.25) is 5.02 Å². The maximum Gasteiger partial charge on any atom is 0.0731 e. The van der Waals surface area contributed by atoms with Crippen molar-refractivity contribution in [3.8, 4) is 11.3 Å². The van der Waals surface area contributed by atoms with Crippen LogP contribution in [-0.2, 0) is 0 Å². The minimum Gasteiger partial charge on any atom is -0.382 e. The summed E-state index contributed by atoms with van der Waals surface area (Å²) >= 11 is 6.14. The number of pyridine rings is 1. The summed E-state index contributed by atoms with van der Waals surface area (Å²) in [5.41, 5.74) is 5.31. The van der Waals surface area contributed by atoms with Gasteiger partial charge in [-0.15, -0.1) is 0 Å². The predicted molar refractivity (Wildman–Crippen MR) is 103 cm³/mol. The molecule has 0 radical (unpaired) electrons. The summed E-state index contributed by atoms with van der Waals surface area (Å²) in [6.07, 6.45) is 2.54. The Hall–Kier alpha value is -2.26. The van der Waals surface area contributed by atoms with E-state index in [-0.39, 0.29) is 0 Å². The minimum absolute atomic E-state index is 0.643. The second-order valence-corrected chi connectivity index (χ2v) is 7.02. The number of aromatic nitrogens is 1. The molecule has 4 heteroatoms. The van der Waals surface area contributed by atoms with Gasteiger partial charge in [0.15, 0.2) is 0 Å². The number of nitrogens with one attached hydrogen (secondary N) is 1. The van der Waals surface area contributed by atoms with E-state index in [9.17, 15) is 0 Å². The van der Waals surface area contributed by atoms with Crippen molar-refractivity contribution in [3.63, 3.8) is 0 Å². The fourth-order valence-electron chi connectivity index (χ4n) is 2.93. The number of nitrogens with zero attached hydrogens (tertiary/aromatic N) is 2. The Balaban J connectivity index is 1.85. The van der Waals surface area contributed by atoms with Crippen molar-refractivity contribution in [2.45, 2.75) is 18.9 Å². The number of halogens is 1. The van der Waals surface area contributed by atoms with Crippen molar-refractivity contribution in [1.29, 1.82) is 0 Å². The number of hydrogen-bond acceptors (Lipinski definition) is 3. The van der Waals surface area contributed by atoms with Crippen LogP contribution in [-0.4, -0.2) is 25.1 Å². The summed E-state index contributed by atoms with van der Waals surface area (Å²) in [4.78, 5) is 6.99. The molecule has 0 aliphatic heterocycles. The molecule has 3 aromatic rings. The maximum atomic E-state index is 6.14. The summed E-state index contributed by atoms with van der Waals surface area (Å²) in [6.45, 7) is 0. The van der Waals surface area contributed by atoms with Crippen LogP contribution in [0.1, 0.15) is 12.8 Å². The molecule has 24 heavy (non-hydrogen) atoms. The standard InChI is InChI=1S/C20H20ClN3/c1-24(2)20-12-19(13-4-3-5-14(21)10-13)23-18-9-8-16(11-17(18)20)22-15-6-7-15/h3-5,8-12,15,22H,6-7H2,1-2H3. The molecule has 0 spiro atoms. The highest BCUT2D eigenvalue weighted by Crippen LogP contribution is 2.33. The average molecular weight is 338 g/mol. The van der Waals surface area contributed by atoms with Gasteiger partial charge in [0.25, 0.3) is 0 Å². The van der Waals surface area contributed by atoms with Crippen molar-refractivity contribution >= 4 is 33.9 Å². The van der Waals surface area contributed by atoms with Crippen molar-refractivity contribution in [1.82, 2.24) is 4.98 Å². The average Bonchev–Trinajstić information content (AvgIpc) is 3.37. The van der Waals surface area contributed by atoms with Gasteiger partial charge in [-0.25, -0.2) is 4.98 Å². The molecule has 1 aliphatic rings. The predicted octanol–water partition coefficient (Wildman–Crippen LogP) is 5.20. The lowest BCUT2D eigenvalue weighted by Gasteiger charge is -2.18. The van der Waals surface area contributed by atoms with Crippen molar-refractivity contribution in [2.75, 3.05) is 24.3 Å². The molecule has 0 saturated heterocycles. The number of fused-ring (bicyclic) bond motifs is 1. The van der Waals surface area contributed by atoms with E-state index in [0.717, 1.165) is 32.9 Å². The highest BCUT2D eigenvalue weighted by atomic mass is 35.5. The van der Waals surface area contributed by atoms with Gasteiger partial charge in [0.1, 0.15) is 0 Å². The topological polar surface area (TPSA) is 28.2 Å². The first-order valence-electron chi connectivity index (χ1n) is 8.25. The molecule has 2 aromatic carbocycles. The smallest absolute Gasteiger partial charge is 0.0731 e. The molecule has 1 aromatic heterocycles. The lowest BCUT2D eigenvalue weighted by Crippen LogP contribution is -2.10.